The van der Waals surface area contributed by atoms with E-state index in [4.69, 9.17) is 5.73 Å². The number of nitrogens with zero attached hydrogens (tertiary/aromatic N) is 3. The van der Waals surface area contributed by atoms with E-state index in [1.54, 1.807) is 4.90 Å². The fourth-order valence-electron chi connectivity index (χ4n) is 2.27. The van der Waals surface area contributed by atoms with Gasteiger partial charge in [0.1, 0.15) is 17.5 Å². The lowest BCUT2D eigenvalue weighted by atomic mass is 10.1. The summed E-state index contributed by atoms with van der Waals surface area (Å²) in [4.78, 5) is 22.1. The van der Waals surface area contributed by atoms with E-state index in [9.17, 15) is 4.79 Å². The monoisotopic (exact) mass is 277 g/mol. The minimum Gasteiger partial charge on any atom is -0.383 e. The van der Waals surface area contributed by atoms with E-state index in [0.717, 1.165) is 23.6 Å². The molecule has 6 heteroatoms. The van der Waals surface area contributed by atoms with Crippen molar-refractivity contribution in [3.05, 3.63) is 11.4 Å². The molecular weight excluding hydrogens is 254 g/mol. The largest absolute Gasteiger partial charge is 0.383 e. The van der Waals surface area contributed by atoms with Gasteiger partial charge in [0.2, 0.25) is 5.91 Å². The SMILES string of the molecule is Cc1c(N)nc(C(C)C)nc1NC1CCC(=O)N(C)C1. The molecule has 1 atom stereocenters. The number of likely N-dealkylation sites (N-methyl/N-ethyl adjacent to an activating group) is 1. The molecule has 6 nitrogen and oxygen atoms in total. The summed E-state index contributed by atoms with van der Waals surface area (Å²) in [5, 5.41) is 3.41. The van der Waals surface area contributed by atoms with E-state index in [1.807, 2.05) is 27.8 Å². The zero-order chi connectivity index (χ0) is 14.9. The number of nitrogens with two attached hydrogens (primary N) is 1. The van der Waals surface area contributed by atoms with Gasteiger partial charge >= 0.3 is 0 Å². The molecule has 1 saturated heterocycles. The topological polar surface area (TPSA) is 84.1 Å². The summed E-state index contributed by atoms with van der Waals surface area (Å²) < 4.78 is 0. The van der Waals surface area contributed by atoms with E-state index in [2.05, 4.69) is 15.3 Å². The van der Waals surface area contributed by atoms with Gasteiger partial charge in [0, 0.05) is 37.5 Å². The molecule has 1 aliphatic rings. The first-order chi connectivity index (χ1) is 9.38. The van der Waals surface area contributed by atoms with Crippen LogP contribution in [0.2, 0.25) is 0 Å². The molecule has 1 fully saturated rings. The lowest BCUT2D eigenvalue weighted by molar-refractivity contribution is -0.132. The standard InChI is InChI=1S/C14H23N5O/c1-8(2)13-17-12(15)9(3)14(18-13)16-10-5-6-11(20)19(4)7-10/h8,10H,5-7H2,1-4H3,(H3,15,16,17,18). The molecule has 0 aromatic carbocycles. The molecule has 0 radical (unpaired) electrons. The summed E-state index contributed by atoms with van der Waals surface area (Å²) in [5.41, 5.74) is 6.83. The quantitative estimate of drug-likeness (QED) is 0.875. The second-order valence-electron chi connectivity index (χ2n) is 5.75. The van der Waals surface area contributed by atoms with Gasteiger partial charge in [-0.25, -0.2) is 9.97 Å². The number of carbonyl (C=O) groups is 1. The van der Waals surface area contributed by atoms with Gasteiger partial charge in [0.15, 0.2) is 0 Å². The predicted octanol–water partition coefficient (Wildman–Crippen LogP) is 1.52. The Morgan fingerprint density at radius 2 is 2.10 bits per heavy atom. The van der Waals surface area contributed by atoms with E-state index in [-0.39, 0.29) is 17.9 Å². The van der Waals surface area contributed by atoms with Crippen LogP contribution >= 0.6 is 0 Å². The maximum Gasteiger partial charge on any atom is 0.222 e. The maximum atomic E-state index is 11.5. The zero-order valence-corrected chi connectivity index (χ0v) is 12.6. The number of carbonyl (C=O) groups excluding carboxylic acids is 1. The van der Waals surface area contributed by atoms with Crippen LogP contribution in [0.15, 0.2) is 0 Å². The van der Waals surface area contributed by atoms with Crippen LogP contribution in [-0.4, -0.2) is 40.4 Å². The van der Waals surface area contributed by atoms with Gasteiger partial charge < -0.3 is 16.0 Å². The van der Waals surface area contributed by atoms with Crippen LogP contribution in [0, 0.1) is 6.92 Å². The predicted molar refractivity (Wildman–Crippen MR) is 79.6 cm³/mol. The molecule has 0 bridgehead atoms. The van der Waals surface area contributed by atoms with Crippen molar-refractivity contribution in [3.63, 3.8) is 0 Å². The molecular formula is C14H23N5O. The van der Waals surface area contributed by atoms with Crippen molar-refractivity contribution < 1.29 is 4.79 Å². The molecule has 1 aliphatic heterocycles. The fourth-order valence-corrected chi connectivity index (χ4v) is 2.27. The van der Waals surface area contributed by atoms with E-state index in [0.29, 0.717) is 18.8 Å². The number of hydrogen-bond donors (Lipinski definition) is 2. The lowest BCUT2D eigenvalue weighted by Gasteiger charge is -2.31. The third-order valence-corrected chi connectivity index (χ3v) is 3.68. The Labute approximate surface area is 119 Å². The van der Waals surface area contributed by atoms with Crippen LogP contribution < -0.4 is 11.1 Å². The van der Waals surface area contributed by atoms with E-state index < -0.39 is 0 Å². The average Bonchev–Trinajstić information content (AvgIpc) is 2.38. The number of likely N-dealkylation sites (tertiary alicyclic amines) is 1. The second kappa shape index (κ2) is 5.64. The van der Waals surface area contributed by atoms with Gasteiger partial charge in [-0.15, -0.1) is 0 Å². The van der Waals surface area contributed by atoms with Crippen LogP contribution in [0.25, 0.3) is 0 Å². The number of nitrogens with one attached hydrogen (secondary N) is 1. The van der Waals surface area contributed by atoms with Gasteiger partial charge in [0.05, 0.1) is 0 Å². The van der Waals surface area contributed by atoms with Crippen LogP contribution in [-0.2, 0) is 4.79 Å². The summed E-state index contributed by atoms with van der Waals surface area (Å²) >= 11 is 0. The summed E-state index contributed by atoms with van der Waals surface area (Å²) in [7, 11) is 1.83. The Hall–Kier alpha value is -1.85. The van der Waals surface area contributed by atoms with Crippen LogP contribution in [0.3, 0.4) is 0 Å². The van der Waals surface area contributed by atoms with E-state index >= 15 is 0 Å². The summed E-state index contributed by atoms with van der Waals surface area (Å²) in [6, 6.07) is 0.214. The van der Waals surface area contributed by atoms with Crippen LogP contribution in [0.4, 0.5) is 11.6 Å². The summed E-state index contributed by atoms with van der Waals surface area (Å²) in [5.74, 6) is 2.48. The molecule has 1 aromatic heterocycles. The number of piperidine rings is 1. The molecule has 3 N–H and O–H groups in total. The Balaban J connectivity index is 2.18. The number of nitrogen functional groups attached to an aromatic ring is 1. The molecule has 2 rings (SSSR count). The third-order valence-electron chi connectivity index (χ3n) is 3.68. The third kappa shape index (κ3) is 3.00. The average molecular weight is 277 g/mol. The van der Waals surface area contributed by atoms with Gasteiger partial charge in [-0.05, 0) is 13.3 Å². The minimum atomic E-state index is 0.199. The maximum absolute atomic E-state index is 11.5. The molecule has 20 heavy (non-hydrogen) atoms. The molecule has 1 amide bonds. The molecule has 0 saturated carbocycles. The molecule has 0 aliphatic carbocycles. The minimum absolute atomic E-state index is 0.199. The fraction of sp³-hybridized carbons (Fsp3) is 0.643. The number of hydrogen-bond acceptors (Lipinski definition) is 5. The summed E-state index contributed by atoms with van der Waals surface area (Å²) in [6.45, 7) is 6.69. The van der Waals surface area contributed by atoms with Crippen molar-refractivity contribution >= 4 is 17.5 Å². The first-order valence-electron chi connectivity index (χ1n) is 7.03. The van der Waals surface area contributed by atoms with E-state index in [1.165, 1.54) is 0 Å². The smallest absolute Gasteiger partial charge is 0.222 e. The first-order valence-corrected chi connectivity index (χ1v) is 7.03. The Morgan fingerprint density at radius 3 is 2.70 bits per heavy atom. The number of rotatable bonds is 3. The lowest BCUT2D eigenvalue weighted by Crippen LogP contribution is -2.43. The van der Waals surface area contributed by atoms with Gasteiger partial charge in [0.25, 0.3) is 0 Å². The zero-order valence-electron chi connectivity index (χ0n) is 12.6. The van der Waals surface area contributed by atoms with Crippen molar-refractivity contribution in [2.75, 3.05) is 24.6 Å². The highest BCUT2D eigenvalue weighted by Gasteiger charge is 2.24. The van der Waals surface area contributed by atoms with Gasteiger partial charge in [-0.3, -0.25) is 4.79 Å². The molecule has 2 heterocycles. The Kier molecular flexibility index (Phi) is 4.11. The van der Waals surface area contributed by atoms with Crippen molar-refractivity contribution in [3.8, 4) is 0 Å². The van der Waals surface area contributed by atoms with Crippen molar-refractivity contribution in [2.24, 2.45) is 0 Å². The number of amides is 1. The van der Waals surface area contributed by atoms with Crippen LogP contribution in [0.1, 0.15) is 44.0 Å². The first kappa shape index (κ1) is 14.6. The highest BCUT2D eigenvalue weighted by atomic mass is 16.2. The second-order valence-corrected chi connectivity index (χ2v) is 5.75. The number of aromatic nitrogens is 2. The van der Waals surface area contributed by atoms with Crippen molar-refractivity contribution in [2.45, 2.75) is 45.6 Å². The van der Waals surface area contributed by atoms with Crippen molar-refractivity contribution in [1.82, 2.24) is 14.9 Å². The Bertz CT molecular complexity index is 515. The molecule has 110 valence electrons. The van der Waals surface area contributed by atoms with Crippen LogP contribution in [0.5, 0.6) is 0 Å². The number of anilines is 2. The highest BCUT2D eigenvalue weighted by Crippen LogP contribution is 2.23. The molecule has 0 spiro atoms. The molecule has 1 unspecified atom stereocenters. The Morgan fingerprint density at radius 1 is 1.40 bits per heavy atom. The van der Waals surface area contributed by atoms with Gasteiger partial charge in [-0.1, -0.05) is 13.8 Å². The normalized spacial score (nSPS) is 19.6. The highest BCUT2D eigenvalue weighted by molar-refractivity contribution is 5.77. The summed E-state index contributed by atoms with van der Waals surface area (Å²) in [6.07, 6.45) is 1.40. The van der Waals surface area contributed by atoms with Gasteiger partial charge in [-0.2, -0.15) is 0 Å². The van der Waals surface area contributed by atoms with Crippen molar-refractivity contribution in [1.29, 1.82) is 0 Å². The molecule has 1 aromatic rings.